The van der Waals surface area contributed by atoms with Gasteiger partial charge < -0.3 is 5.73 Å². The van der Waals surface area contributed by atoms with Gasteiger partial charge in [0.1, 0.15) is 11.6 Å². The van der Waals surface area contributed by atoms with Crippen LogP contribution in [0, 0.1) is 15.2 Å². The van der Waals surface area contributed by atoms with Crippen molar-refractivity contribution in [2.75, 3.05) is 5.73 Å². The number of halogens is 4. The Morgan fingerprint density at radius 3 is 2.60 bits per heavy atom. The highest BCUT2D eigenvalue weighted by Crippen LogP contribution is 2.28. The van der Waals surface area contributed by atoms with Crippen LogP contribution in [0.5, 0.6) is 0 Å². The van der Waals surface area contributed by atoms with Crippen LogP contribution in [0.15, 0.2) is 34.8 Å². The van der Waals surface area contributed by atoms with E-state index in [0.29, 0.717) is 19.1 Å². The number of imidazole rings is 1. The quantitative estimate of drug-likeness (QED) is 0.564. The summed E-state index contributed by atoms with van der Waals surface area (Å²) in [5.74, 6) is -0.747. The van der Waals surface area contributed by atoms with Crippen LogP contribution in [0.1, 0.15) is 0 Å². The zero-order valence-corrected chi connectivity index (χ0v) is 13.6. The molecule has 0 aliphatic rings. The normalized spacial score (nSPS) is 11.2. The van der Waals surface area contributed by atoms with Gasteiger partial charge in [-0.15, -0.1) is 0 Å². The van der Waals surface area contributed by atoms with Crippen LogP contribution in [-0.2, 0) is 0 Å². The minimum Gasteiger partial charge on any atom is -0.369 e. The summed E-state index contributed by atoms with van der Waals surface area (Å²) < 4.78 is 30.3. The molecule has 20 heavy (non-hydrogen) atoms. The lowest BCUT2D eigenvalue weighted by molar-refractivity contribution is 0.616. The van der Waals surface area contributed by atoms with Crippen LogP contribution >= 0.6 is 38.5 Å². The fraction of sp³-hybridized carbons (Fsp3) is 0. The second-order valence-electron chi connectivity index (χ2n) is 4.16. The number of fused-ring (bicyclic) bond motifs is 1. The minimum absolute atomic E-state index is 0.114. The third-order valence-corrected chi connectivity index (χ3v) is 4.19. The second kappa shape index (κ2) is 4.96. The molecule has 0 fully saturated rings. The molecule has 0 aliphatic heterocycles. The number of nitrogens with two attached hydrogens (primary N) is 1. The zero-order valence-electron chi connectivity index (χ0n) is 9.87. The first-order chi connectivity index (χ1) is 9.47. The highest BCUT2D eigenvalue weighted by atomic mass is 127. The summed E-state index contributed by atoms with van der Waals surface area (Å²) >= 11 is 5.07. The van der Waals surface area contributed by atoms with Gasteiger partial charge in [0.25, 0.3) is 0 Å². The number of rotatable bonds is 1. The fourth-order valence-corrected chi connectivity index (χ4v) is 2.79. The van der Waals surface area contributed by atoms with Crippen molar-refractivity contribution in [1.29, 1.82) is 0 Å². The van der Waals surface area contributed by atoms with Crippen LogP contribution in [-0.4, -0.2) is 9.55 Å². The van der Waals surface area contributed by atoms with Crippen molar-refractivity contribution in [3.8, 4) is 5.69 Å². The molecule has 2 N–H and O–H groups in total. The lowest BCUT2D eigenvalue weighted by Gasteiger charge is -2.08. The highest BCUT2D eigenvalue weighted by molar-refractivity contribution is 14.1. The summed E-state index contributed by atoms with van der Waals surface area (Å²) in [6.07, 6.45) is 0. The maximum atomic E-state index is 14.1. The Morgan fingerprint density at radius 1 is 1.15 bits per heavy atom. The number of hydrogen-bond donors (Lipinski definition) is 1. The van der Waals surface area contributed by atoms with Crippen molar-refractivity contribution in [2.45, 2.75) is 0 Å². The largest absolute Gasteiger partial charge is 0.369 e. The Labute approximate surface area is 135 Å². The molecule has 1 heterocycles. The van der Waals surface area contributed by atoms with Crippen molar-refractivity contribution in [3.63, 3.8) is 0 Å². The van der Waals surface area contributed by atoms with Gasteiger partial charge in [0.05, 0.1) is 20.3 Å². The molecule has 3 aromatic rings. The Kier molecular flexibility index (Phi) is 3.41. The molecule has 0 radical (unpaired) electrons. The Bertz CT molecular complexity index is 832. The van der Waals surface area contributed by atoms with Crippen LogP contribution in [0.4, 0.5) is 14.7 Å². The van der Waals surface area contributed by atoms with Crippen LogP contribution in [0.3, 0.4) is 0 Å². The topological polar surface area (TPSA) is 43.8 Å². The van der Waals surface area contributed by atoms with E-state index in [1.165, 1.54) is 16.7 Å². The predicted octanol–water partition coefficient (Wildman–Crippen LogP) is 4.25. The van der Waals surface area contributed by atoms with E-state index in [4.69, 9.17) is 5.73 Å². The molecule has 0 spiro atoms. The van der Waals surface area contributed by atoms with Crippen molar-refractivity contribution in [2.24, 2.45) is 0 Å². The molecular formula is C13H7BrF2IN3. The summed E-state index contributed by atoms with van der Waals surface area (Å²) in [6.45, 7) is 0. The predicted molar refractivity (Wildman–Crippen MR) is 85.8 cm³/mol. The van der Waals surface area contributed by atoms with Gasteiger partial charge in [0.15, 0.2) is 0 Å². The van der Waals surface area contributed by atoms with E-state index in [1.54, 1.807) is 18.2 Å². The zero-order chi connectivity index (χ0) is 14.4. The van der Waals surface area contributed by atoms with Crippen LogP contribution < -0.4 is 5.73 Å². The number of hydrogen-bond acceptors (Lipinski definition) is 2. The van der Waals surface area contributed by atoms with Gasteiger partial charge in [-0.3, -0.25) is 4.57 Å². The van der Waals surface area contributed by atoms with E-state index in [0.717, 1.165) is 0 Å². The molecule has 0 aliphatic carbocycles. The van der Waals surface area contributed by atoms with Gasteiger partial charge >= 0.3 is 0 Å². The molecule has 102 valence electrons. The molecular weight excluding hydrogens is 443 g/mol. The Morgan fingerprint density at radius 2 is 1.90 bits per heavy atom. The third kappa shape index (κ3) is 2.18. The van der Waals surface area contributed by atoms with E-state index in [9.17, 15) is 8.78 Å². The maximum absolute atomic E-state index is 14.1. The SMILES string of the molecule is Nc1nc2cc(I)c(F)cc2n1-c1ccc(Br)cc1F. The minimum atomic E-state index is -0.468. The molecule has 0 saturated carbocycles. The number of aromatic nitrogens is 2. The van der Waals surface area contributed by atoms with E-state index >= 15 is 0 Å². The number of nitrogen functional groups attached to an aromatic ring is 1. The van der Waals surface area contributed by atoms with Gasteiger partial charge in [-0.2, -0.15) is 0 Å². The van der Waals surface area contributed by atoms with Crippen molar-refractivity contribution >= 4 is 55.5 Å². The second-order valence-corrected chi connectivity index (χ2v) is 6.23. The van der Waals surface area contributed by atoms with E-state index < -0.39 is 11.6 Å². The molecule has 2 aromatic carbocycles. The molecule has 7 heteroatoms. The summed E-state index contributed by atoms with van der Waals surface area (Å²) in [6, 6.07) is 7.46. The average Bonchev–Trinajstić information content (AvgIpc) is 2.66. The van der Waals surface area contributed by atoms with Gasteiger partial charge in [0, 0.05) is 10.5 Å². The summed E-state index contributed by atoms with van der Waals surface area (Å²) in [5, 5.41) is 0. The first-order valence-electron chi connectivity index (χ1n) is 5.56. The van der Waals surface area contributed by atoms with Gasteiger partial charge in [0.2, 0.25) is 5.95 Å². The molecule has 0 bridgehead atoms. The molecule has 3 nitrogen and oxygen atoms in total. The van der Waals surface area contributed by atoms with Crippen LogP contribution in [0.25, 0.3) is 16.7 Å². The summed E-state index contributed by atoms with van der Waals surface area (Å²) in [5.41, 5.74) is 7.03. The first-order valence-corrected chi connectivity index (χ1v) is 7.43. The third-order valence-electron chi connectivity index (χ3n) is 2.87. The van der Waals surface area contributed by atoms with Crippen molar-refractivity contribution in [1.82, 2.24) is 9.55 Å². The fourth-order valence-electron chi connectivity index (χ4n) is 2.01. The van der Waals surface area contributed by atoms with Crippen LogP contribution in [0.2, 0.25) is 0 Å². The van der Waals surface area contributed by atoms with Crippen molar-refractivity contribution in [3.05, 3.63) is 50.0 Å². The smallest absolute Gasteiger partial charge is 0.206 e. The van der Waals surface area contributed by atoms with E-state index in [1.807, 2.05) is 22.6 Å². The average molecular weight is 450 g/mol. The standard InChI is InChI=1S/C13H7BrF2IN3/c14-6-1-2-11(8(16)3-6)20-12-4-7(15)9(17)5-10(12)19-13(20)18/h1-5H,(H2,18,19). The monoisotopic (exact) mass is 449 g/mol. The Hall–Kier alpha value is -1.22. The lowest BCUT2D eigenvalue weighted by Crippen LogP contribution is -2.03. The molecule has 3 rings (SSSR count). The molecule has 1 aromatic heterocycles. The molecule has 0 saturated heterocycles. The van der Waals surface area contributed by atoms with Gasteiger partial charge in [-0.05, 0) is 46.9 Å². The van der Waals surface area contributed by atoms with Crippen molar-refractivity contribution < 1.29 is 8.78 Å². The molecule has 0 unspecified atom stereocenters. The molecule has 0 atom stereocenters. The summed E-state index contributed by atoms with van der Waals surface area (Å²) in [4.78, 5) is 4.15. The van der Waals surface area contributed by atoms with Gasteiger partial charge in [-0.25, -0.2) is 13.8 Å². The number of benzene rings is 2. The maximum Gasteiger partial charge on any atom is 0.206 e. The number of anilines is 1. The van der Waals surface area contributed by atoms with E-state index in [-0.39, 0.29) is 11.6 Å². The molecule has 0 amide bonds. The van der Waals surface area contributed by atoms with Gasteiger partial charge in [-0.1, -0.05) is 15.9 Å². The summed E-state index contributed by atoms with van der Waals surface area (Å²) in [7, 11) is 0. The first kappa shape index (κ1) is 13.7. The lowest BCUT2D eigenvalue weighted by atomic mass is 10.2. The highest BCUT2D eigenvalue weighted by Gasteiger charge is 2.15. The Balaban J connectivity index is 2.35. The number of nitrogens with zero attached hydrogens (tertiary/aromatic N) is 2. The van der Waals surface area contributed by atoms with E-state index in [2.05, 4.69) is 20.9 Å².